The van der Waals surface area contributed by atoms with Crippen molar-refractivity contribution < 1.29 is 9.53 Å². The van der Waals surface area contributed by atoms with Gasteiger partial charge in [0.1, 0.15) is 0 Å². The Kier molecular flexibility index (Phi) is 5.54. The third kappa shape index (κ3) is 4.15. The van der Waals surface area contributed by atoms with Gasteiger partial charge in [-0.3, -0.25) is 9.58 Å². The average Bonchev–Trinajstić information content (AvgIpc) is 3.44. The van der Waals surface area contributed by atoms with E-state index >= 15 is 0 Å². The van der Waals surface area contributed by atoms with Gasteiger partial charge in [0.15, 0.2) is 5.13 Å². The number of anilines is 3. The lowest BCUT2D eigenvalue weighted by molar-refractivity contribution is 0.189. The number of thiazole rings is 1. The summed E-state index contributed by atoms with van der Waals surface area (Å²) in [6, 6.07) is 7.85. The minimum atomic E-state index is -0.0457. The molecule has 1 saturated heterocycles. The molecule has 0 bridgehead atoms. The van der Waals surface area contributed by atoms with Gasteiger partial charge in [0.25, 0.3) is 0 Å². The van der Waals surface area contributed by atoms with Gasteiger partial charge < -0.3 is 15.4 Å². The molecule has 2 amide bonds. The number of ether oxygens (including phenoxy) is 1. The topological polar surface area (TPSA) is 84.3 Å². The number of aryl methyl sites for hydroxylation is 1. The third-order valence-corrected chi connectivity index (χ3v) is 5.21. The molecule has 0 atom stereocenters. The summed E-state index contributed by atoms with van der Waals surface area (Å²) < 4.78 is 6.96. The number of aromatic nitrogens is 3. The maximum Gasteiger partial charge on any atom is 0.321 e. The molecule has 0 aliphatic carbocycles. The number of nitrogens with one attached hydrogen (secondary N) is 2. The lowest BCUT2D eigenvalue weighted by atomic mass is 10.1. The van der Waals surface area contributed by atoms with E-state index in [0.29, 0.717) is 13.1 Å². The number of nitrogens with zero attached hydrogens (tertiary/aromatic N) is 4. The van der Waals surface area contributed by atoms with Gasteiger partial charge in [0.2, 0.25) is 0 Å². The van der Waals surface area contributed by atoms with Crippen LogP contribution in [0.1, 0.15) is 6.42 Å². The van der Waals surface area contributed by atoms with E-state index in [1.165, 1.54) is 0 Å². The van der Waals surface area contributed by atoms with Gasteiger partial charge in [-0.15, -0.1) is 11.3 Å². The highest BCUT2D eigenvalue weighted by molar-refractivity contribution is 7.14. The molecular weight excluding hydrogens is 376 g/mol. The first-order valence-electron chi connectivity index (χ1n) is 9.13. The molecule has 2 aromatic heterocycles. The van der Waals surface area contributed by atoms with Crippen molar-refractivity contribution in [2.24, 2.45) is 0 Å². The molecule has 8 nitrogen and oxygen atoms in total. The van der Waals surface area contributed by atoms with Gasteiger partial charge in [-0.25, -0.2) is 9.78 Å². The quantitative estimate of drug-likeness (QED) is 0.569. The highest BCUT2D eigenvalue weighted by atomic mass is 32.1. The zero-order valence-corrected chi connectivity index (χ0v) is 16.4. The van der Waals surface area contributed by atoms with Crippen LogP contribution in [-0.4, -0.2) is 47.6 Å². The Balaban J connectivity index is 1.39. The summed E-state index contributed by atoms with van der Waals surface area (Å²) in [5.74, 6) is 0. The van der Waals surface area contributed by atoms with Crippen molar-refractivity contribution in [3.8, 4) is 11.3 Å². The molecule has 3 aromatic rings. The average molecular weight is 398 g/mol. The lowest BCUT2D eigenvalue weighted by Crippen LogP contribution is -2.27. The van der Waals surface area contributed by atoms with Crippen LogP contribution in [0.2, 0.25) is 0 Å². The second-order valence-electron chi connectivity index (χ2n) is 6.43. The van der Waals surface area contributed by atoms with Crippen LogP contribution >= 0.6 is 11.3 Å². The largest absolute Gasteiger partial charge is 0.385 e. The van der Waals surface area contributed by atoms with Gasteiger partial charge in [0, 0.05) is 56.2 Å². The zero-order valence-electron chi connectivity index (χ0n) is 15.6. The number of carbonyl (C=O) groups is 1. The molecule has 1 aliphatic rings. The Morgan fingerprint density at radius 2 is 2.18 bits per heavy atom. The summed E-state index contributed by atoms with van der Waals surface area (Å²) >= 11 is 1.55. The highest BCUT2D eigenvalue weighted by Gasteiger charge is 2.20. The van der Waals surface area contributed by atoms with E-state index in [-0.39, 0.29) is 6.03 Å². The van der Waals surface area contributed by atoms with Crippen molar-refractivity contribution in [3.05, 3.63) is 42.0 Å². The molecule has 0 radical (unpaired) electrons. The van der Waals surface area contributed by atoms with Crippen molar-refractivity contribution in [1.82, 2.24) is 20.1 Å². The van der Waals surface area contributed by atoms with Crippen molar-refractivity contribution in [2.45, 2.75) is 13.0 Å². The van der Waals surface area contributed by atoms with Crippen molar-refractivity contribution in [3.63, 3.8) is 0 Å². The predicted molar refractivity (Wildman–Crippen MR) is 110 cm³/mol. The van der Waals surface area contributed by atoms with Crippen molar-refractivity contribution in [2.75, 3.05) is 37.0 Å². The van der Waals surface area contributed by atoms with Crippen LogP contribution in [0, 0.1) is 0 Å². The number of methoxy groups -OCH3 is 1. The number of benzene rings is 1. The van der Waals surface area contributed by atoms with Gasteiger partial charge in [-0.1, -0.05) is 12.1 Å². The number of rotatable bonds is 8. The van der Waals surface area contributed by atoms with E-state index in [2.05, 4.69) is 20.7 Å². The molecule has 1 aliphatic heterocycles. The van der Waals surface area contributed by atoms with E-state index in [1.807, 2.05) is 40.5 Å². The smallest absolute Gasteiger partial charge is 0.321 e. The fourth-order valence-corrected chi connectivity index (χ4v) is 3.78. The minimum absolute atomic E-state index is 0.0457. The predicted octanol–water partition coefficient (Wildman–Crippen LogP) is 3.32. The molecule has 146 valence electrons. The Labute approximate surface area is 167 Å². The van der Waals surface area contributed by atoms with E-state index < -0.39 is 0 Å². The third-order valence-electron chi connectivity index (χ3n) is 4.46. The van der Waals surface area contributed by atoms with Crippen LogP contribution in [0.15, 0.2) is 42.0 Å². The first-order valence-corrected chi connectivity index (χ1v) is 10.0. The Morgan fingerprint density at radius 3 is 2.93 bits per heavy atom. The van der Waals surface area contributed by atoms with Crippen LogP contribution in [0.5, 0.6) is 0 Å². The molecule has 4 rings (SSSR count). The zero-order chi connectivity index (χ0) is 19.3. The monoisotopic (exact) mass is 398 g/mol. The summed E-state index contributed by atoms with van der Waals surface area (Å²) in [6.07, 6.45) is 4.69. The lowest BCUT2D eigenvalue weighted by Gasteiger charge is -2.14. The molecule has 3 heterocycles. The van der Waals surface area contributed by atoms with Gasteiger partial charge in [0.05, 0.1) is 17.6 Å². The van der Waals surface area contributed by atoms with E-state index in [4.69, 9.17) is 4.74 Å². The standard InChI is InChI=1S/C19H22N6O2S/c1-27-10-2-8-24-12-15(11-21-24)22-18-23-17(13-28-18)14-3-5-16(6-4-14)25-9-7-20-19(25)26/h3-6,11-13H,2,7-10H2,1H3,(H,20,26)(H,22,23). The number of hydrogen-bond acceptors (Lipinski definition) is 6. The summed E-state index contributed by atoms with van der Waals surface area (Å²) in [7, 11) is 1.70. The van der Waals surface area contributed by atoms with E-state index in [0.717, 1.165) is 47.3 Å². The molecule has 2 N–H and O–H groups in total. The summed E-state index contributed by atoms with van der Waals surface area (Å²) in [4.78, 5) is 18.2. The maximum atomic E-state index is 11.8. The Morgan fingerprint density at radius 1 is 1.32 bits per heavy atom. The van der Waals surface area contributed by atoms with Crippen LogP contribution in [0.4, 0.5) is 21.3 Å². The second kappa shape index (κ2) is 8.41. The Hall–Kier alpha value is -2.91. The summed E-state index contributed by atoms with van der Waals surface area (Å²) in [5.41, 5.74) is 3.72. The highest BCUT2D eigenvalue weighted by Crippen LogP contribution is 2.28. The molecule has 9 heteroatoms. The SMILES string of the molecule is COCCCn1cc(Nc2nc(-c3ccc(N4CCNC4=O)cc3)cs2)cn1. The van der Waals surface area contributed by atoms with Crippen LogP contribution in [0.3, 0.4) is 0 Å². The minimum Gasteiger partial charge on any atom is -0.385 e. The Bertz CT molecular complexity index is 936. The maximum absolute atomic E-state index is 11.8. The molecule has 0 saturated carbocycles. The second-order valence-corrected chi connectivity index (χ2v) is 7.29. The van der Waals surface area contributed by atoms with Gasteiger partial charge in [-0.2, -0.15) is 5.10 Å². The van der Waals surface area contributed by atoms with E-state index in [9.17, 15) is 4.79 Å². The van der Waals surface area contributed by atoms with Crippen LogP contribution in [0.25, 0.3) is 11.3 Å². The summed E-state index contributed by atoms with van der Waals surface area (Å²) in [5, 5.41) is 13.3. The first-order chi connectivity index (χ1) is 13.7. The van der Waals surface area contributed by atoms with E-state index in [1.54, 1.807) is 29.5 Å². The summed E-state index contributed by atoms with van der Waals surface area (Å²) in [6.45, 7) is 2.92. The molecule has 0 unspecified atom stereocenters. The molecule has 1 fully saturated rings. The molecule has 0 spiro atoms. The number of amides is 2. The molecule has 1 aromatic carbocycles. The first kappa shape index (κ1) is 18.5. The van der Waals surface area contributed by atoms with Crippen LogP contribution < -0.4 is 15.5 Å². The van der Waals surface area contributed by atoms with Crippen LogP contribution in [-0.2, 0) is 11.3 Å². The van der Waals surface area contributed by atoms with Crippen molar-refractivity contribution in [1.29, 1.82) is 0 Å². The normalized spacial score (nSPS) is 13.8. The van der Waals surface area contributed by atoms with Crippen molar-refractivity contribution >= 4 is 33.9 Å². The van der Waals surface area contributed by atoms with Gasteiger partial charge in [-0.05, 0) is 18.6 Å². The fraction of sp³-hybridized carbons (Fsp3) is 0.316. The van der Waals surface area contributed by atoms with Gasteiger partial charge >= 0.3 is 6.03 Å². The number of urea groups is 1. The molecule has 28 heavy (non-hydrogen) atoms. The number of hydrogen-bond donors (Lipinski definition) is 2. The fourth-order valence-electron chi connectivity index (χ4n) is 3.04. The molecular formula is C19H22N6O2S. The number of carbonyl (C=O) groups excluding carboxylic acids is 1.